The number of primary amides is 1. The van der Waals surface area contributed by atoms with Gasteiger partial charge in [0.05, 0.1) is 18.4 Å². The van der Waals surface area contributed by atoms with Crippen LogP contribution in [0.5, 0.6) is 0 Å². The van der Waals surface area contributed by atoms with Gasteiger partial charge in [-0.2, -0.15) is 4.98 Å². The number of carbonyl (C=O) groups is 1. The maximum absolute atomic E-state index is 11.3. The van der Waals surface area contributed by atoms with E-state index in [0.717, 1.165) is 0 Å². The van der Waals surface area contributed by atoms with Crippen molar-refractivity contribution in [3.63, 3.8) is 0 Å². The lowest BCUT2D eigenvalue weighted by atomic mass is 10.1. The molecule has 1 amide bonds. The predicted molar refractivity (Wildman–Crippen MR) is 74.3 cm³/mol. The first-order valence-corrected chi connectivity index (χ1v) is 6.23. The molecule has 2 heterocycles. The van der Waals surface area contributed by atoms with Crippen molar-refractivity contribution in [2.24, 2.45) is 5.73 Å². The summed E-state index contributed by atoms with van der Waals surface area (Å²) >= 11 is 0. The zero-order valence-corrected chi connectivity index (χ0v) is 10.9. The van der Waals surface area contributed by atoms with Crippen LogP contribution in [0.3, 0.4) is 0 Å². The van der Waals surface area contributed by atoms with Gasteiger partial charge >= 0.3 is 0 Å². The number of benzene rings is 1. The standard InChI is InChI=1S/C14H12N4O3/c15-13(19)9-4-1-2-5-10(9)16-8-12-17-14(18-21-12)11-6-3-7-20-11/h1-7,16H,8H2,(H2,15,19). The number of hydrogen-bond acceptors (Lipinski definition) is 6. The Kier molecular flexibility index (Phi) is 3.38. The molecule has 2 aromatic heterocycles. The summed E-state index contributed by atoms with van der Waals surface area (Å²) in [5, 5.41) is 6.86. The molecule has 0 radical (unpaired) electrons. The Bertz CT molecular complexity index is 749. The minimum absolute atomic E-state index is 0.276. The highest BCUT2D eigenvalue weighted by Gasteiger charge is 2.12. The van der Waals surface area contributed by atoms with Crippen LogP contribution in [0.25, 0.3) is 11.6 Å². The zero-order valence-electron chi connectivity index (χ0n) is 10.9. The van der Waals surface area contributed by atoms with Crippen LogP contribution < -0.4 is 11.1 Å². The molecule has 0 saturated heterocycles. The van der Waals surface area contributed by atoms with Gasteiger partial charge < -0.3 is 20.0 Å². The van der Waals surface area contributed by atoms with E-state index in [4.69, 9.17) is 14.7 Å². The van der Waals surface area contributed by atoms with Crippen molar-refractivity contribution in [2.75, 3.05) is 5.32 Å². The van der Waals surface area contributed by atoms with Crippen LogP contribution in [-0.4, -0.2) is 16.0 Å². The average Bonchev–Trinajstić information content (AvgIpc) is 3.16. The van der Waals surface area contributed by atoms with Crippen molar-refractivity contribution >= 4 is 11.6 Å². The van der Waals surface area contributed by atoms with Crippen LogP contribution in [0.1, 0.15) is 16.2 Å². The highest BCUT2D eigenvalue weighted by molar-refractivity contribution is 5.98. The van der Waals surface area contributed by atoms with Gasteiger partial charge in [-0.05, 0) is 24.3 Å². The van der Waals surface area contributed by atoms with Gasteiger partial charge in [-0.15, -0.1) is 0 Å². The van der Waals surface area contributed by atoms with E-state index in [1.807, 2.05) is 0 Å². The largest absolute Gasteiger partial charge is 0.461 e. The number of anilines is 1. The van der Waals surface area contributed by atoms with Crippen molar-refractivity contribution in [1.82, 2.24) is 10.1 Å². The van der Waals surface area contributed by atoms with E-state index in [0.29, 0.717) is 28.7 Å². The van der Waals surface area contributed by atoms with E-state index in [1.54, 1.807) is 36.4 Å². The number of furan rings is 1. The SMILES string of the molecule is NC(=O)c1ccccc1NCc1nc(-c2ccco2)no1. The van der Waals surface area contributed by atoms with Crippen LogP contribution in [0.2, 0.25) is 0 Å². The number of para-hydroxylation sites is 1. The fourth-order valence-corrected chi connectivity index (χ4v) is 1.86. The summed E-state index contributed by atoms with van der Waals surface area (Å²) in [6.07, 6.45) is 1.53. The molecule has 1 aromatic carbocycles. The Morgan fingerprint density at radius 1 is 1.24 bits per heavy atom. The van der Waals surface area contributed by atoms with Gasteiger partial charge in [-0.3, -0.25) is 4.79 Å². The van der Waals surface area contributed by atoms with E-state index in [-0.39, 0.29) is 6.54 Å². The molecule has 0 unspecified atom stereocenters. The Balaban J connectivity index is 1.73. The van der Waals surface area contributed by atoms with Gasteiger partial charge in [0, 0.05) is 5.69 Å². The van der Waals surface area contributed by atoms with Gasteiger partial charge in [-0.25, -0.2) is 0 Å². The Labute approximate surface area is 119 Å². The maximum atomic E-state index is 11.3. The molecule has 3 rings (SSSR count). The minimum Gasteiger partial charge on any atom is -0.461 e. The third kappa shape index (κ3) is 2.76. The molecule has 3 N–H and O–H groups in total. The normalized spacial score (nSPS) is 10.5. The molecular weight excluding hydrogens is 272 g/mol. The Morgan fingerprint density at radius 2 is 2.10 bits per heavy atom. The van der Waals surface area contributed by atoms with Crippen LogP contribution in [0.4, 0.5) is 5.69 Å². The van der Waals surface area contributed by atoms with E-state index in [1.165, 1.54) is 6.26 Å². The molecule has 0 atom stereocenters. The average molecular weight is 284 g/mol. The third-order valence-corrected chi connectivity index (χ3v) is 2.83. The maximum Gasteiger partial charge on any atom is 0.250 e. The molecule has 7 nitrogen and oxygen atoms in total. The fraction of sp³-hybridized carbons (Fsp3) is 0.0714. The van der Waals surface area contributed by atoms with Gasteiger partial charge in [0.25, 0.3) is 5.91 Å². The summed E-state index contributed by atoms with van der Waals surface area (Å²) in [6, 6.07) is 10.4. The molecule has 7 heteroatoms. The van der Waals surface area contributed by atoms with Crippen molar-refractivity contribution in [3.8, 4) is 11.6 Å². The number of amides is 1. The number of nitrogens with zero attached hydrogens (tertiary/aromatic N) is 2. The molecule has 106 valence electrons. The fourth-order valence-electron chi connectivity index (χ4n) is 1.86. The summed E-state index contributed by atoms with van der Waals surface area (Å²) in [6.45, 7) is 0.276. The molecular formula is C14H12N4O3. The summed E-state index contributed by atoms with van der Waals surface area (Å²) in [5.74, 6) is 0.781. The summed E-state index contributed by atoms with van der Waals surface area (Å²) in [5.41, 5.74) is 6.33. The van der Waals surface area contributed by atoms with Gasteiger partial charge in [-0.1, -0.05) is 17.3 Å². The molecule has 3 aromatic rings. The topological polar surface area (TPSA) is 107 Å². The second-order valence-electron chi connectivity index (χ2n) is 4.25. The van der Waals surface area contributed by atoms with Crippen LogP contribution in [0.15, 0.2) is 51.6 Å². The second kappa shape index (κ2) is 5.49. The number of rotatable bonds is 5. The van der Waals surface area contributed by atoms with Gasteiger partial charge in [0.15, 0.2) is 5.76 Å². The van der Waals surface area contributed by atoms with Crippen molar-refractivity contribution in [3.05, 3.63) is 54.1 Å². The third-order valence-electron chi connectivity index (χ3n) is 2.83. The lowest BCUT2D eigenvalue weighted by molar-refractivity contribution is 0.100. The smallest absolute Gasteiger partial charge is 0.250 e. The Morgan fingerprint density at radius 3 is 2.86 bits per heavy atom. The summed E-state index contributed by atoms with van der Waals surface area (Å²) in [4.78, 5) is 15.5. The van der Waals surface area contributed by atoms with Gasteiger partial charge in [0.2, 0.25) is 11.7 Å². The highest BCUT2D eigenvalue weighted by atomic mass is 16.5. The number of hydrogen-bond donors (Lipinski definition) is 2. The Hall–Kier alpha value is -3.09. The molecule has 0 bridgehead atoms. The van der Waals surface area contributed by atoms with Crippen LogP contribution in [0, 0.1) is 0 Å². The first kappa shape index (κ1) is 12.9. The molecule has 21 heavy (non-hydrogen) atoms. The molecule has 0 fully saturated rings. The lowest BCUT2D eigenvalue weighted by Gasteiger charge is -2.07. The monoisotopic (exact) mass is 284 g/mol. The number of nitrogens with two attached hydrogens (primary N) is 1. The van der Waals surface area contributed by atoms with E-state index < -0.39 is 5.91 Å². The van der Waals surface area contributed by atoms with Crippen molar-refractivity contribution in [1.29, 1.82) is 0 Å². The minimum atomic E-state index is -0.500. The first-order valence-electron chi connectivity index (χ1n) is 6.23. The van der Waals surface area contributed by atoms with Crippen LogP contribution >= 0.6 is 0 Å². The van der Waals surface area contributed by atoms with E-state index in [2.05, 4.69) is 15.5 Å². The second-order valence-corrected chi connectivity index (χ2v) is 4.25. The predicted octanol–water partition coefficient (Wildman–Crippen LogP) is 2.04. The summed E-state index contributed by atoms with van der Waals surface area (Å²) in [7, 11) is 0. The molecule has 0 saturated carbocycles. The quantitative estimate of drug-likeness (QED) is 0.742. The van der Waals surface area contributed by atoms with Crippen molar-refractivity contribution in [2.45, 2.75) is 6.54 Å². The number of aromatic nitrogens is 2. The van der Waals surface area contributed by atoms with E-state index >= 15 is 0 Å². The van der Waals surface area contributed by atoms with Gasteiger partial charge in [0.1, 0.15) is 0 Å². The van der Waals surface area contributed by atoms with E-state index in [9.17, 15) is 4.79 Å². The zero-order chi connectivity index (χ0) is 14.7. The first-order chi connectivity index (χ1) is 10.2. The highest BCUT2D eigenvalue weighted by Crippen LogP contribution is 2.18. The number of carbonyl (C=O) groups excluding carboxylic acids is 1. The molecule has 0 aliphatic rings. The summed E-state index contributed by atoms with van der Waals surface area (Å²) < 4.78 is 10.3. The molecule has 0 aliphatic heterocycles. The van der Waals surface area contributed by atoms with Crippen molar-refractivity contribution < 1.29 is 13.7 Å². The molecule has 0 aliphatic carbocycles. The lowest BCUT2D eigenvalue weighted by Crippen LogP contribution is -2.14. The van der Waals surface area contributed by atoms with Crippen LogP contribution in [-0.2, 0) is 6.54 Å². The number of nitrogens with one attached hydrogen (secondary N) is 1. The molecule has 0 spiro atoms.